The van der Waals surface area contributed by atoms with Gasteiger partial charge in [-0.2, -0.15) is 0 Å². The summed E-state index contributed by atoms with van der Waals surface area (Å²) in [7, 11) is 0. The van der Waals surface area contributed by atoms with Crippen molar-refractivity contribution in [3.8, 4) is 0 Å². The molecule has 2 fully saturated rings. The zero-order valence-corrected chi connectivity index (χ0v) is 11.9. The summed E-state index contributed by atoms with van der Waals surface area (Å²) in [5.41, 5.74) is 3.00. The van der Waals surface area contributed by atoms with Crippen LogP contribution in [0.2, 0.25) is 0 Å². The van der Waals surface area contributed by atoms with Crippen LogP contribution in [0.15, 0.2) is 24.3 Å². The normalized spacial score (nSPS) is 20.6. The SMILES string of the molecule is c1cc(CNCCN2CCCCC2)cc(C2CC2)c1. The van der Waals surface area contributed by atoms with Gasteiger partial charge < -0.3 is 10.2 Å². The van der Waals surface area contributed by atoms with Crippen molar-refractivity contribution in [2.75, 3.05) is 26.2 Å². The molecule has 19 heavy (non-hydrogen) atoms. The predicted molar refractivity (Wildman–Crippen MR) is 80.4 cm³/mol. The molecule has 1 aliphatic heterocycles. The van der Waals surface area contributed by atoms with Gasteiger partial charge in [-0.3, -0.25) is 0 Å². The van der Waals surface area contributed by atoms with Gasteiger partial charge in [-0.25, -0.2) is 0 Å². The molecule has 1 aromatic carbocycles. The van der Waals surface area contributed by atoms with Crippen LogP contribution in [0.3, 0.4) is 0 Å². The summed E-state index contributed by atoms with van der Waals surface area (Å²) in [5, 5.41) is 3.59. The van der Waals surface area contributed by atoms with Crippen molar-refractivity contribution in [2.45, 2.75) is 44.6 Å². The third-order valence-electron chi connectivity index (χ3n) is 4.38. The Labute approximate surface area is 117 Å². The average Bonchev–Trinajstić information content (AvgIpc) is 3.30. The van der Waals surface area contributed by atoms with Gasteiger partial charge in [-0.15, -0.1) is 0 Å². The van der Waals surface area contributed by atoms with Crippen LogP contribution in [-0.2, 0) is 6.54 Å². The van der Waals surface area contributed by atoms with Crippen molar-refractivity contribution in [1.82, 2.24) is 10.2 Å². The lowest BCUT2D eigenvalue weighted by Gasteiger charge is -2.26. The minimum Gasteiger partial charge on any atom is -0.311 e. The Morgan fingerprint density at radius 2 is 1.95 bits per heavy atom. The summed E-state index contributed by atoms with van der Waals surface area (Å²) < 4.78 is 0. The van der Waals surface area contributed by atoms with Crippen LogP contribution in [-0.4, -0.2) is 31.1 Å². The highest BCUT2D eigenvalue weighted by Crippen LogP contribution is 2.40. The monoisotopic (exact) mass is 258 g/mol. The largest absolute Gasteiger partial charge is 0.311 e. The Balaban J connectivity index is 1.38. The highest BCUT2D eigenvalue weighted by molar-refractivity contribution is 5.29. The molecule has 0 amide bonds. The summed E-state index contributed by atoms with van der Waals surface area (Å²) in [6.07, 6.45) is 7.00. The average molecular weight is 258 g/mol. The molecule has 1 aromatic rings. The molecule has 2 aliphatic rings. The van der Waals surface area contributed by atoms with Gasteiger partial charge in [0.2, 0.25) is 0 Å². The molecule has 0 bridgehead atoms. The van der Waals surface area contributed by atoms with E-state index in [4.69, 9.17) is 0 Å². The lowest BCUT2D eigenvalue weighted by atomic mass is 10.1. The van der Waals surface area contributed by atoms with Crippen molar-refractivity contribution in [1.29, 1.82) is 0 Å². The van der Waals surface area contributed by atoms with Crippen molar-refractivity contribution < 1.29 is 0 Å². The van der Waals surface area contributed by atoms with Crippen LogP contribution in [0, 0.1) is 0 Å². The van der Waals surface area contributed by atoms with E-state index in [2.05, 4.69) is 34.5 Å². The molecule has 0 atom stereocenters. The van der Waals surface area contributed by atoms with Gasteiger partial charge in [-0.05, 0) is 55.8 Å². The lowest BCUT2D eigenvalue weighted by Crippen LogP contribution is -2.35. The van der Waals surface area contributed by atoms with Gasteiger partial charge >= 0.3 is 0 Å². The maximum absolute atomic E-state index is 3.59. The zero-order valence-electron chi connectivity index (χ0n) is 11.9. The standard InChI is InChI=1S/C17H26N2/c1-2-10-19(11-3-1)12-9-18-14-15-5-4-6-17(13-15)16-7-8-16/h4-6,13,16,18H,1-3,7-12,14H2. The molecule has 0 unspecified atom stereocenters. The van der Waals surface area contributed by atoms with E-state index < -0.39 is 0 Å². The van der Waals surface area contributed by atoms with E-state index >= 15 is 0 Å². The second-order valence-corrected chi connectivity index (χ2v) is 6.10. The fraction of sp³-hybridized carbons (Fsp3) is 0.647. The van der Waals surface area contributed by atoms with Gasteiger partial charge in [0, 0.05) is 19.6 Å². The van der Waals surface area contributed by atoms with Crippen LogP contribution in [0.25, 0.3) is 0 Å². The summed E-state index contributed by atoms with van der Waals surface area (Å²) in [6.45, 7) is 5.96. The Morgan fingerprint density at radius 1 is 1.11 bits per heavy atom. The predicted octanol–water partition coefficient (Wildman–Crippen LogP) is 3.14. The highest BCUT2D eigenvalue weighted by atomic mass is 15.1. The minimum absolute atomic E-state index is 0.869. The van der Waals surface area contributed by atoms with Gasteiger partial charge in [0.05, 0.1) is 0 Å². The molecule has 0 radical (unpaired) electrons. The first-order chi connectivity index (χ1) is 9.42. The smallest absolute Gasteiger partial charge is 0.0206 e. The van der Waals surface area contributed by atoms with Gasteiger partial charge in [0.15, 0.2) is 0 Å². The lowest BCUT2D eigenvalue weighted by molar-refractivity contribution is 0.229. The van der Waals surface area contributed by atoms with Crippen molar-refractivity contribution in [3.05, 3.63) is 35.4 Å². The Kier molecular flexibility index (Phi) is 4.52. The molecule has 104 valence electrons. The van der Waals surface area contributed by atoms with Crippen LogP contribution in [0.5, 0.6) is 0 Å². The van der Waals surface area contributed by atoms with Crippen molar-refractivity contribution in [2.24, 2.45) is 0 Å². The molecule has 1 saturated carbocycles. The molecule has 0 spiro atoms. The molecule has 2 heteroatoms. The van der Waals surface area contributed by atoms with Crippen molar-refractivity contribution >= 4 is 0 Å². The first-order valence-electron chi connectivity index (χ1n) is 7.94. The Bertz CT molecular complexity index is 392. The Morgan fingerprint density at radius 3 is 2.74 bits per heavy atom. The summed E-state index contributed by atoms with van der Waals surface area (Å²) in [5.74, 6) is 0.869. The molecule has 0 aromatic heterocycles. The topological polar surface area (TPSA) is 15.3 Å². The first-order valence-corrected chi connectivity index (χ1v) is 7.94. The number of benzene rings is 1. The highest BCUT2D eigenvalue weighted by Gasteiger charge is 2.23. The van der Waals surface area contributed by atoms with Crippen LogP contribution in [0.1, 0.15) is 49.1 Å². The number of nitrogens with one attached hydrogen (secondary N) is 1. The number of likely N-dealkylation sites (tertiary alicyclic amines) is 1. The molecule has 1 N–H and O–H groups in total. The fourth-order valence-electron chi connectivity index (χ4n) is 3.03. The van der Waals surface area contributed by atoms with Crippen LogP contribution >= 0.6 is 0 Å². The summed E-state index contributed by atoms with van der Waals surface area (Å²) >= 11 is 0. The maximum atomic E-state index is 3.59. The van der Waals surface area contributed by atoms with Gasteiger partial charge in [-0.1, -0.05) is 30.7 Å². The number of nitrogens with zero attached hydrogens (tertiary/aromatic N) is 1. The number of piperidine rings is 1. The summed E-state index contributed by atoms with van der Waals surface area (Å²) in [6, 6.07) is 9.15. The van der Waals surface area contributed by atoms with E-state index in [-0.39, 0.29) is 0 Å². The Hall–Kier alpha value is -0.860. The van der Waals surface area contributed by atoms with E-state index in [0.717, 1.165) is 19.0 Å². The van der Waals surface area contributed by atoms with Crippen LogP contribution in [0.4, 0.5) is 0 Å². The fourth-order valence-corrected chi connectivity index (χ4v) is 3.03. The van der Waals surface area contributed by atoms with Gasteiger partial charge in [0.1, 0.15) is 0 Å². The molecule has 1 saturated heterocycles. The second-order valence-electron chi connectivity index (χ2n) is 6.10. The molecule has 1 aliphatic carbocycles. The van der Waals surface area contributed by atoms with E-state index in [1.807, 2.05) is 0 Å². The van der Waals surface area contributed by atoms with E-state index in [1.54, 1.807) is 5.56 Å². The summed E-state index contributed by atoms with van der Waals surface area (Å²) in [4.78, 5) is 2.59. The van der Waals surface area contributed by atoms with Gasteiger partial charge in [0.25, 0.3) is 0 Å². The second kappa shape index (κ2) is 6.53. The van der Waals surface area contributed by atoms with Crippen molar-refractivity contribution in [3.63, 3.8) is 0 Å². The third-order valence-corrected chi connectivity index (χ3v) is 4.38. The van der Waals surface area contributed by atoms with Crippen LogP contribution < -0.4 is 5.32 Å². The number of hydrogen-bond acceptors (Lipinski definition) is 2. The number of rotatable bonds is 6. The minimum atomic E-state index is 0.869. The number of hydrogen-bond donors (Lipinski definition) is 1. The van der Waals surface area contributed by atoms with E-state index in [9.17, 15) is 0 Å². The zero-order chi connectivity index (χ0) is 12.9. The molecular weight excluding hydrogens is 232 g/mol. The van der Waals surface area contributed by atoms with E-state index in [0.29, 0.717) is 0 Å². The molecule has 3 rings (SSSR count). The van der Waals surface area contributed by atoms with E-state index in [1.165, 1.54) is 57.3 Å². The quantitative estimate of drug-likeness (QED) is 0.789. The first kappa shape index (κ1) is 13.1. The molecule has 2 nitrogen and oxygen atoms in total. The maximum Gasteiger partial charge on any atom is 0.0206 e. The molecule has 1 heterocycles. The molecular formula is C17H26N2. The third kappa shape index (κ3) is 4.05.